The minimum atomic E-state index is -0.795. The summed E-state index contributed by atoms with van der Waals surface area (Å²) in [5.41, 5.74) is 0.660. The first-order chi connectivity index (χ1) is 12.7. The second-order valence-electron chi connectivity index (χ2n) is 5.75. The van der Waals surface area contributed by atoms with E-state index in [2.05, 4.69) is 4.98 Å². The van der Waals surface area contributed by atoms with Crippen molar-refractivity contribution < 1.29 is 19.1 Å². The van der Waals surface area contributed by atoms with Crippen molar-refractivity contribution in [3.8, 4) is 0 Å². The van der Waals surface area contributed by atoms with Gasteiger partial charge in [0.25, 0.3) is 5.91 Å². The first-order valence-corrected chi connectivity index (χ1v) is 7.99. The number of hydrogen-bond acceptors (Lipinski definition) is 5. The SMILES string of the molecule is O=C(C1=C(O)C(=O)N(c2ccccn2)C1c1ccccc1)c1ccco1. The summed E-state index contributed by atoms with van der Waals surface area (Å²) in [6.07, 6.45) is 2.92. The van der Waals surface area contributed by atoms with Gasteiger partial charge in [0.1, 0.15) is 5.82 Å². The van der Waals surface area contributed by atoms with E-state index < -0.39 is 23.5 Å². The number of aromatic nitrogens is 1. The van der Waals surface area contributed by atoms with Gasteiger partial charge in [-0.2, -0.15) is 0 Å². The van der Waals surface area contributed by atoms with Crippen LogP contribution >= 0.6 is 0 Å². The molecule has 6 nitrogen and oxygen atoms in total. The van der Waals surface area contributed by atoms with Crippen LogP contribution in [0.1, 0.15) is 22.2 Å². The third-order valence-electron chi connectivity index (χ3n) is 4.21. The van der Waals surface area contributed by atoms with Gasteiger partial charge in [-0.25, -0.2) is 4.98 Å². The molecule has 3 aromatic rings. The van der Waals surface area contributed by atoms with Gasteiger partial charge in [0, 0.05) is 6.20 Å². The number of rotatable bonds is 4. The van der Waals surface area contributed by atoms with Crippen molar-refractivity contribution in [2.75, 3.05) is 4.90 Å². The van der Waals surface area contributed by atoms with Crippen molar-refractivity contribution in [2.45, 2.75) is 6.04 Å². The predicted octanol–water partition coefficient (Wildman–Crippen LogP) is 3.46. The minimum absolute atomic E-state index is 0.0261. The van der Waals surface area contributed by atoms with Crippen LogP contribution in [0.25, 0.3) is 0 Å². The Morgan fingerprint density at radius 1 is 1.04 bits per heavy atom. The molecule has 1 unspecified atom stereocenters. The van der Waals surface area contributed by atoms with Crippen LogP contribution in [0.2, 0.25) is 0 Å². The summed E-state index contributed by atoms with van der Waals surface area (Å²) in [5.74, 6) is -1.39. The van der Waals surface area contributed by atoms with Crippen LogP contribution in [0.15, 0.2) is 88.9 Å². The highest BCUT2D eigenvalue weighted by atomic mass is 16.3. The Hall–Kier alpha value is -3.67. The smallest absolute Gasteiger partial charge is 0.295 e. The Morgan fingerprint density at radius 2 is 1.81 bits per heavy atom. The maximum absolute atomic E-state index is 12.9. The Bertz CT molecular complexity index is 979. The molecular weight excluding hydrogens is 332 g/mol. The highest BCUT2D eigenvalue weighted by molar-refractivity contribution is 6.19. The maximum atomic E-state index is 12.9. The summed E-state index contributed by atoms with van der Waals surface area (Å²) in [6, 6.07) is 16.4. The number of pyridine rings is 1. The van der Waals surface area contributed by atoms with Gasteiger partial charge < -0.3 is 9.52 Å². The van der Waals surface area contributed by atoms with Crippen molar-refractivity contribution in [3.05, 3.63) is 95.8 Å². The molecule has 0 spiro atoms. The molecule has 1 aromatic carbocycles. The molecule has 3 heterocycles. The van der Waals surface area contributed by atoms with Crippen molar-refractivity contribution in [1.29, 1.82) is 0 Å². The Balaban J connectivity index is 1.88. The van der Waals surface area contributed by atoms with Crippen molar-refractivity contribution >= 4 is 17.5 Å². The number of aliphatic hydroxyl groups is 1. The molecule has 0 bridgehead atoms. The molecular formula is C20H14N2O4. The monoisotopic (exact) mass is 346 g/mol. The standard InChI is InChI=1S/C20H14N2O4/c23-18(14-9-6-12-26-14)16-17(13-7-2-1-3-8-13)22(20(25)19(16)24)15-10-4-5-11-21-15/h1-12,17,24H. The number of Topliss-reactive ketones (excluding diaryl/α,β-unsaturated/α-hetero) is 1. The number of nitrogens with zero attached hydrogens (tertiary/aromatic N) is 2. The fourth-order valence-electron chi connectivity index (χ4n) is 3.06. The van der Waals surface area contributed by atoms with E-state index in [0.29, 0.717) is 11.4 Å². The van der Waals surface area contributed by atoms with Gasteiger partial charge >= 0.3 is 0 Å². The predicted molar refractivity (Wildman–Crippen MR) is 93.6 cm³/mol. The minimum Gasteiger partial charge on any atom is -0.503 e. The molecule has 128 valence electrons. The van der Waals surface area contributed by atoms with Gasteiger partial charge in [-0.3, -0.25) is 14.5 Å². The van der Waals surface area contributed by atoms with Gasteiger partial charge in [0.05, 0.1) is 17.9 Å². The lowest BCUT2D eigenvalue weighted by molar-refractivity contribution is -0.117. The number of carbonyl (C=O) groups is 2. The lowest BCUT2D eigenvalue weighted by Crippen LogP contribution is -2.31. The second kappa shape index (κ2) is 6.33. The third kappa shape index (κ3) is 2.48. The second-order valence-corrected chi connectivity index (χ2v) is 5.75. The Labute approximate surface area is 149 Å². The highest BCUT2D eigenvalue weighted by Crippen LogP contribution is 2.41. The van der Waals surface area contributed by atoms with E-state index in [0.717, 1.165) is 0 Å². The molecule has 1 aliphatic rings. The molecule has 0 saturated carbocycles. The lowest BCUT2D eigenvalue weighted by atomic mass is 9.95. The molecule has 6 heteroatoms. The number of benzene rings is 1. The molecule has 1 aliphatic heterocycles. The highest BCUT2D eigenvalue weighted by Gasteiger charge is 2.45. The van der Waals surface area contributed by atoms with E-state index in [9.17, 15) is 14.7 Å². The molecule has 0 aliphatic carbocycles. The molecule has 0 fully saturated rings. The molecule has 0 radical (unpaired) electrons. The molecule has 0 saturated heterocycles. The summed E-state index contributed by atoms with van der Waals surface area (Å²) in [6.45, 7) is 0. The first kappa shape index (κ1) is 15.8. The van der Waals surface area contributed by atoms with Gasteiger partial charge in [0.15, 0.2) is 11.5 Å². The fourth-order valence-corrected chi connectivity index (χ4v) is 3.06. The van der Waals surface area contributed by atoms with Crippen LogP contribution < -0.4 is 4.90 Å². The van der Waals surface area contributed by atoms with E-state index in [1.165, 1.54) is 17.2 Å². The Morgan fingerprint density at radius 3 is 2.46 bits per heavy atom. The zero-order valence-corrected chi connectivity index (χ0v) is 13.6. The number of carbonyl (C=O) groups excluding carboxylic acids is 2. The molecule has 26 heavy (non-hydrogen) atoms. The number of aliphatic hydroxyl groups excluding tert-OH is 1. The van der Waals surface area contributed by atoms with Crippen molar-refractivity contribution in [3.63, 3.8) is 0 Å². The summed E-state index contributed by atoms with van der Waals surface area (Å²) < 4.78 is 5.18. The van der Waals surface area contributed by atoms with E-state index in [1.54, 1.807) is 54.7 Å². The molecule has 2 aromatic heterocycles. The average Bonchev–Trinajstić information content (AvgIpc) is 3.31. The van der Waals surface area contributed by atoms with Crippen molar-refractivity contribution in [1.82, 2.24) is 4.98 Å². The van der Waals surface area contributed by atoms with E-state index in [1.807, 2.05) is 6.07 Å². The summed E-state index contributed by atoms with van der Waals surface area (Å²) >= 11 is 0. The largest absolute Gasteiger partial charge is 0.503 e. The number of amides is 1. The molecule has 1 N–H and O–H groups in total. The first-order valence-electron chi connectivity index (χ1n) is 7.99. The number of furan rings is 1. The quantitative estimate of drug-likeness (QED) is 0.732. The topological polar surface area (TPSA) is 83.6 Å². The lowest BCUT2D eigenvalue weighted by Gasteiger charge is -2.25. The maximum Gasteiger partial charge on any atom is 0.295 e. The van der Waals surface area contributed by atoms with E-state index in [-0.39, 0.29) is 11.3 Å². The molecule has 1 amide bonds. The van der Waals surface area contributed by atoms with Crippen LogP contribution in [0, 0.1) is 0 Å². The van der Waals surface area contributed by atoms with Crippen LogP contribution in [0.5, 0.6) is 0 Å². The number of ketones is 1. The van der Waals surface area contributed by atoms with Crippen LogP contribution in [0.3, 0.4) is 0 Å². The average molecular weight is 346 g/mol. The van der Waals surface area contributed by atoms with Gasteiger partial charge in [-0.05, 0) is 29.8 Å². The van der Waals surface area contributed by atoms with E-state index in [4.69, 9.17) is 4.42 Å². The van der Waals surface area contributed by atoms with E-state index >= 15 is 0 Å². The third-order valence-corrected chi connectivity index (χ3v) is 4.21. The van der Waals surface area contributed by atoms with Crippen LogP contribution in [-0.4, -0.2) is 21.8 Å². The zero-order chi connectivity index (χ0) is 18.1. The summed E-state index contributed by atoms with van der Waals surface area (Å²) in [7, 11) is 0. The van der Waals surface area contributed by atoms with Gasteiger partial charge in [-0.15, -0.1) is 0 Å². The number of hydrogen-bond donors (Lipinski definition) is 1. The zero-order valence-electron chi connectivity index (χ0n) is 13.6. The summed E-state index contributed by atoms with van der Waals surface area (Å²) in [5, 5.41) is 10.5. The Kier molecular flexibility index (Phi) is 3.85. The van der Waals surface area contributed by atoms with Gasteiger partial charge in [0.2, 0.25) is 5.78 Å². The molecule has 4 rings (SSSR count). The number of anilines is 1. The van der Waals surface area contributed by atoms with Crippen molar-refractivity contribution in [2.24, 2.45) is 0 Å². The summed E-state index contributed by atoms with van der Waals surface area (Å²) in [4.78, 5) is 31.2. The normalized spacial score (nSPS) is 17.0. The molecule has 1 atom stereocenters. The fraction of sp³-hybridized carbons (Fsp3) is 0.0500. The van der Waals surface area contributed by atoms with Crippen LogP contribution in [0.4, 0.5) is 5.82 Å². The van der Waals surface area contributed by atoms with Crippen LogP contribution in [-0.2, 0) is 4.79 Å². The van der Waals surface area contributed by atoms with Gasteiger partial charge in [-0.1, -0.05) is 36.4 Å².